The van der Waals surface area contributed by atoms with Crippen LogP contribution in [0.1, 0.15) is 26.2 Å². The molecule has 76 valence electrons. The lowest BCUT2D eigenvalue weighted by Gasteiger charge is -2.02. The molecular weight excluding hydrogens is 194 g/mol. The lowest BCUT2D eigenvalue weighted by Crippen LogP contribution is -2.14. The number of carbonyl (C=O) groups is 1. The van der Waals surface area contributed by atoms with E-state index >= 15 is 0 Å². The monoisotopic (exact) mass is 209 g/mol. The molecule has 0 aliphatic heterocycles. The van der Waals surface area contributed by atoms with Crippen molar-refractivity contribution in [2.75, 3.05) is 0 Å². The van der Waals surface area contributed by atoms with Gasteiger partial charge in [0, 0.05) is 11.3 Å². The van der Waals surface area contributed by atoms with Crippen LogP contribution in [0.15, 0.2) is 35.2 Å². The van der Waals surface area contributed by atoms with Crippen LogP contribution in [0.2, 0.25) is 0 Å². The Labute approximate surface area is 89.2 Å². The van der Waals surface area contributed by atoms with Crippen molar-refractivity contribution in [3.05, 3.63) is 30.3 Å². The summed E-state index contributed by atoms with van der Waals surface area (Å²) in [5.41, 5.74) is 0. The molecule has 1 aromatic carbocycles. The topological polar surface area (TPSA) is 29.1 Å². The Morgan fingerprint density at radius 1 is 1.36 bits per heavy atom. The van der Waals surface area contributed by atoms with Crippen molar-refractivity contribution in [1.29, 1.82) is 0 Å². The molecule has 0 heterocycles. The molecule has 0 unspecified atom stereocenters. The maximum atomic E-state index is 11.2. The quantitative estimate of drug-likeness (QED) is 0.755. The number of nitrogens with one attached hydrogen (secondary N) is 1. The highest BCUT2D eigenvalue weighted by atomic mass is 32.2. The third-order valence-corrected chi connectivity index (χ3v) is 2.62. The molecule has 0 aromatic heterocycles. The molecule has 0 bridgehead atoms. The summed E-state index contributed by atoms with van der Waals surface area (Å²) in [6.45, 7) is 2.08. The Bertz CT molecular complexity index is 274. The Hall–Kier alpha value is -0.960. The standard InChI is InChI=1S/C11H15NOS/c1-2-3-9-11(13)12-14-10-7-5-4-6-8-10/h4-8H,2-3,9H2,1H3,(H,12,13). The van der Waals surface area contributed by atoms with E-state index in [0.29, 0.717) is 6.42 Å². The van der Waals surface area contributed by atoms with Gasteiger partial charge in [-0.1, -0.05) is 31.5 Å². The average Bonchev–Trinajstić information content (AvgIpc) is 2.25. The van der Waals surface area contributed by atoms with Crippen LogP contribution in [-0.2, 0) is 4.79 Å². The first-order valence-corrected chi connectivity index (χ1v) is 5.65. The Balaban J connectivity index is 2.24. The molecular formula is C11H15NOS. The Kier molecular flexibility index (Phi) is 5.15. The van der Waals surface area contributed by atoms with Gasteiger partial charge < -0.3 is 0 Å². The number of rotatable bonds is 5. The van der Waals surface area contributed by atoms with Crippen LogP contribution in [0.4, 0.5) is 0 Å². The number of unbranched alkanes of at least 4 members (excludes halogenated alkanes) is 1. The van der Waals surface area contributed by atoms with Gasteiger partial charge in [-0.05, 0) is 30.5 Å². The molecule has 14 heavy (non-hydrogen) atoms. The maximum absolute atomic E-state index is 11.2. The van der Waals surface area contributed by atoms with E-state index in [2.05, 4.69) is 11.6 Å². The molecule has 1 amide bonds. The number of carbonyl (C=O) groups excluding carboxylic acids is 1. The summed E-state index contributed by atoms with van der Waals surface area (Å²) >= 11 is 1.38. The largest absolute Gasteiger partial charge is 0.296 e. The zero-order valence-electron chi connectivity index (χ0n) is 8.32. The number of benzene rings is 1. The van der Waals surface area contributed by atoms with E-state index in [1.807, 2.05) is 30.3 Å². The summed E-state index contributed by atoms with van der Waals surface area (Å²) in [7, 11) is 0. The zero-order chi connectivity index (χ0) is 10.2. The summed E-state index contributed by atoms with van der Waals surface area (Å²) in [6.07, 6.45) is 2.64. The average molecular weight is 209 g/mol. The molecule has 1 rings (SSSR count). The molecule has 0 spiro atoms. The van der Waals surface area contributed by atoms with Crippen molar-refractivity contribution >= 4 is 17.9 Å². The molecule has 0 aliphatic rings. The van der Waals surface area contributed by atoms with Gasteiger partial charge in [0.1, 0.15) is 0 Å². The summed E-state index contributed by atoms with van der Waals surface area (Å²) in [5, 5.41) is 0. The summed E-state index contributed by atoms with van der Waals surface area (Å²) in [5.74, 6) is 0.112. The number of hydrogen-bond donors (Lipinski definition) is 1. The smallest absolute Gasteiger partial charge is 0.230 e. The van der Waals surface area contributed by atoms with E-state index in [1.54, 1.807) is 0 Å². The van der Waals surface area contributed by atoms with E-state index in [0.717, 1.165) is 17.7 Å². The van der Waals surface area contributed by atoms with Crippen LogP contribution < -0.4 is 4.72 Å². The lowest BCUT2D eigenvalue weighted by atomic mass is 10.2. The SMILES string of the molecule is CCCCC(=O)NSc1ccccc1. The minimum Gasteiger partial charge on any atom is -0.296 e. The Morgan fingerprint density at radius 3 is 2.71 bits per heavy atom. The van der Waals surface area contributed by atoms with E-state index in [-0.39, 0.29) is 5.91 Å². The van der Waals surface area contributed by atoms with Gasteiger partial charge in [0.2, 0.25) is 5.91 Å². The molecule has 0 radical (unpaired) electrons. The summed E-state index contributed by atoms with van der Waals surface area (Å²) in [4.78, 5) is 12.3. The summed E-state index contributed by atoms with van der Waals surface area (Å²) in [6, 6.07) is 9.83. The molecule has 2 nitrogen and oxygen atoms in total. The second-order valence-electron chi connectivity index (χ2n) is 3.04. The third-order valence-electron chi connectivity index (χ3n) is 1.78. The van der Waals surface area contributed by atoms with E-state index in [1.165, 1.54) is 11.9 Å². The van der Waals surface area contributed by atoms with E-state index in [9.17, 15) is 4.79 Å². The Morgan fingerprint density at radius 2 is 2.07 bits per heavy atom. The maximum Gasteiger partial charge on any atom is 0.230 e. The van der Waals surface area contributed by atoms with Crippen molar-refractivity contribution in [3.63, 3.8) is 0 Å². The molecule has 1 N–H and O–H groups in total. The minimum atomic E-state index is 0.112. The van der Waals surface area contributed by atoms with Gasteiger partial charge in [0.15, 0.2) is 0 Å². The molecule has 0 aliphatic carbocycles. The van der Waals surface area contributed by atoms with E-state index < -0.39 is 0 Å². The van der Waals surface area contributed by atoms with Crippen LogP contribution >= 0.6 is 11.9 Å². The highest BCUT2D eigenvalue weighted by Crippen LogP contribution is 2.13. The molecule has 0 atom stereocenters. The van der Waals surface area contributed by atoms with Crippen LogP contribution in [0.5, 0.6) is 0 Å². The molecule has 0 fully saturated rings. The van der Waals surface area contributed by atoms with Gasteiger partial charge in [0.05, 0.1) is 0 Å². The second kappa shape index (κ2) is 6.49. The third kappa shape index (κ3) is 4.33. The normalized spacial score (nSPS) is 9.79. The number of hydrogen-bond acceptors (Lipinski definition) is 2. The van der Waals surface area contributed by atoms with Crippen molar-refractivity contribution in [3.8, 4) is 0 Å². The van der Waals surface area contributed by atoms with Crippen LogP contribution in [0.3, 0.4) is 0 Å². The van der Waals surface area contributed by atoms with Crippen LogP contribution in [0.25, 0.3) is 0 Å². The van der Waals surface area contributed by atoms with Gasteiger partial charge in [-0.2, -0.15) is 0 Å². The van der Waals surface area contributed by atoms with E-state index in [4.69, 9.17) is 0 Å². The first kappa shape index (κ1) is 11.1. The van der Waals surface area contributed by atoms with Crippen molar-refractivity contribution < 1.29 is 4.79 Å². The van der Waals surface area contributed by atoms with Crippen LogP contribution in [-0.4, -0.2) is 5.91 Å². The van der Waals surface area contributed by atoms with Gasteiger partial charge in [-0.3, -0.25) is 9.52 Å². The molecule has 1 aromatic rings. The number of amides is 1. The van der Waals surface area contributed by atoms with Crippen molar-refractivity contribution in [2.45, 2.75) is 31.1 Å². The molecule has 0 saturated carbocycles. The fourth-order valence-electron chi connectivity index (χ4n) is 0.993. The lowest BCUT2D eigenvalue weighted by molar-refractivity contribution is -0.119. The fourth-order valence-corrected chi connectivity index (χ4v) is 1.62. The minimum absolute atomic E-state index is 0.112. The van der Waals surface area contributed by atoms with Gasteiger partial charge in [-0.25, -0.2) is 0 Å². The van der Waals surface area contributed by atoms with Crippen LogP contribution in [0, 0.1) is 0 Å². The second-order valence-corrected chi connectivity index (χ2v) is 3.92. The molecule has 3 heteroatoms. The highest BCUT2D eigenvalue weighted by Gasteiger charge is 1.99. The van der Waals surface area contributed by atoms with Crippen molar-refractivity contribution in [1.82, 2.24) is 4.72 Å². The zero-order valence-corrected chi connectivity index (χ0v) is 9.14. The predicted molar refractivity (Wildman–Crippen MR) is 60.0 cm³/mol. The first-order chi connectivity index (χ1) is 6.83. The predicted octanol–water partition coefficient (Wildman–Crippen LogP) is 3.00. The summed E-state index contributed by atoms with van der Waals surface area (Å²) < 4.78 is 2.81. The first-order valence-electron chi connectivity index (χ1n) is 4.83. The van der Waals surface area contributed by atoms with Gasteiger partial charge in [0.25, 0.3) is 0 Å². The highest BCUT2D eigenvalue weighted by molar-refractivity contribution is 7.98. The van der Waals surface area contributed by atoms with Gasteiger partial charge in [-0.15, -0.1) is 0 Å². The van der Waals surface area contributed by atoms with Crippen molar-refractivity contribution in [2.24, 2.45) is 0 Å². The molecule has 0 saturated heterocycles. The van der Waals surface area contributed by atoms with Gasteiger partial charge >= 0.3 is 0 Å². The fraction of sp³-hybridized carbons (Fsp3) is 0.364.